The van der Waals surface area contributed by atoms with Gasteiger partial charge in [0.15, 0.2) is 0 Å². The van der Waals surface area contributed by atoms with Gasteiger partial charge in [0, 0.05) is 12.5 Å². The summed E-state index contributed by atoms with van der Waals surface area (Å²) < 4.78 is 5.31. The number of aryl methyl sites for hydroxylation is 1. The molecule has 0 radical (unpaired) electrons. The third kappa shape index (κ3) is 2.72. The number of primary amides is 1. The molecule has 0 saturated heterocycles. The zero-order valence-corrected chi connectivity index (χ0v) is 9.96. The Hall–Kier alpha value is -2.21. The second-order valence-corrected chi connectivity index (χ2v) is 4.04. The van der Waals surface area contributed by atoms with Crippen molar-refractivity contribution in [2.75, 3.05) is 0 Å². The average Bonchev–Trinajstić information content (AvgIpc) is 2.76. The average molecular weight is 246 g/mol. The quantitative estimate of drug-likeness (QED) is 0.811. The second-order valence-electron chi connectivity index (χ2n) is 4.04. The minimum atomic E-state index is -0.665. The lowest BCUT2D eigenvalue weighted by molar-refractivity contribution is -0.119. The molecule has 2 aromatic rings. The van der Waals surface area contributed by atoms with Crippen LogP contribution in [0.2, 0.25) is 0 Å². The molecule has 94 valence electrons. The number of nitrogens with zero attached hydrogens (tertiary/aromatic N) is 2. The molecule has 0 aliphatic rings. The van der Waals surface area contributed by atoms with Gasteiger partial charge in [-0.1, -0.05) is 12.1 Å². The molecule has 0 bridgehead atoms. The van der Waals surface area contributed by atoms with Crippen LogP contribution in [0.5, 0.6) is 0 Å². The molecule has 1 atom stereocenters. The Labute approximate surface area is 104 Å². The van der Waals surface area contributed by atoms with Crippen molar-refractivity contribution >= 4 is 5.91 Å². The van der Waals surface area contributed by atoms with Gasteiger partial charge in [-0.3, -0.25) is 4.79 Å². The molecule has 1 aromatic carbocycles. The van der Waals surface area contributed by atoms with Gasteiger partial charge in [-0.2, -0.15) is 0 Å². The van der Waals surface area contributed by atoms with Crippen molar-refractivity contribution in [2.24, 2.45) is 11.5 Å². The number of benzene rings is 1. The number of rotatable bonds is 4. The zero-order valence-electron chi connectivity index (χ0n) is 9.96. The summed E-state index contributed by atoms with van der Waals surface area (Å²) in [6.07, 6.45) is 0.415. The maximum absolute atomic E-state index is 10.9. The van der Waals surface area contributed by atoms with Crippen molar-refractivity contribution in [2.45, 2.75) is 19.4 Å². The van der Waals surface area contributed by atoms with Gasteiger partial charge < -0.3 is 15.9 Å². The highest BCUT2D eigenvalue weighted by atomic mass is 16.4. The summed E-state index contributed by atoms with van der Waals surface area (Å²) in [4.78, 5) is 10.9. The molecule has 0 fully saturated rings. The number of carbonyl (C=O) groups is 1. The lowest BCUT2D eigenvalue weighted by Crippen LogP contribution is -2.38. The van der Waals surface area contributed by atoms with Gasteiger partial charge in [-0.15, -0.1) is 10.2 Å². The number of aromatic nitrogens is 2. The van der Waals surface area contributed by atoms with Gasteiger partial charge in [-0.05, 0) is 24.1 Å². The van der Waals surface area contributed by atoms with Crippen LogP contribution in [-0.2, 0) is 11.2 Å². The van der Waals surface area contributed by atoms with Crippen molar-refractivity contribution in [1.82, 2.24) is 10.2 Å². The fourth-order valence-electron chi connectivity index (χ4n) is 1.55. The smallest absolute Gasteiger partial charge is 0.247 e. The molecule has 0 aliphatic heterocycles. The summed E-state index contributed by atoms with van der Waals surface area (Å²) in [6, 6.07) is 6.74. The lowest BCUT2D eigenvalue weighted by Gasteiger charge is -2.07. The van der Waals surface area contributed by atoms with Crippen LogP contribution in [-0.4, -0.2) is 22.1 Å². The Morgan fingerprint density at radius 3 is 2.50 bits per heavy atom. The molecular formula is C12H14N4O2. The monoisotopic (exact) mass is 246 g/mol. The van der Waals surface area contributed by atoms with E-state index in [1.54, 1.807) is 6.92 Å². The maximum atomic E-state index is 10.9. The van der Waals surface area contributed by atoms with Crippen LogP contribution in [0.25, 0.3) is 11.5 Å². The van der Waals surface area contributed by atoms with E-state index in [4.69, 9.17) is 15.9 Å². The largest absolute Gasteiger partial charge is 0.421 e. The number of carbonyl (C=O) groups excluding carboxylic acids is 1. The number of hydrogen-bond donors (Lipinski definition) is 2. The Morgan fingerprint density at radius 1 is 1.33 bits per heavy atom. The molecule has 1 amide bonds. The Bertz CT molecular complexity index is 547. The first-order valence-electron chi connectivity index (χ1n) is 5.50. The summed E-state index contributed by atoms with van der Waals surface area (Å²) in [5.74, 6) is 0.481. The van der Waals surface area contributed by atoms with Gasteiger partial charge in [0.1, 0.15) is 0 Å². The first kappa shape index (κ1) is 12.3. The minimum Gasteiger partial charge on any atom is -0.421 e. The minimum absolute atomic E-state index is 0.415. The second kappa shape index (κ2) is 4.97. The topological polar surface area (TPSA) is 108 Å². The number of hydrogen-bond acceptors (Lipinski definition) is 5. The molecule has 2 rings (SSSR count). The van der Waals surface area contributed by atoms with E-state index in [1.807, 2.05) is 24.3 Å². The lowest BCUT2D eigenvalue weighted by atomic mass is 10.0. The predicted octanol–water partition coefficient (Wildman–Crippen LogP) is 0.400. The molecule has 0 aliphatic carbocycles. The molecule has 6 nitrogen and oxygen atoms in total. The number of nitrogens with two attached hydrogens (primary N) is 2. The summed E-state index contributed by atoms with van der Waals surface area (Å²) in [6.45, 7) is 1.73. The molecule has 1 heterocycles. The molecule has 0 unspecified atom stereocenters. The fourth-order valence-corrected chi connectivity index (χ4v) is 1.55. The van der Waals surface area contributed by atoms with E-state index in [1.165, 1.54) is 0 Å². The van der Waals surface area contributed by atoms with Crippen molar-refractivity contribution in [3.05, 3.63) is 35.7 Å². The Morgan fingerprint density at radius 2 is 2.00 bits per heavy atom. The molecule has 0 spiro atoms. The van der Waals surface area contributed by atoms with Gasteiger partial charge in [0.25, 0.3) is 0 Å². The molecular weight excluding hydrogens is 232 g/mol. The van der Waals surface area contributed by atoms with Crippen molar-refractivity contribution in [3.63, 3.8) is 0 Å². The van der Waals surface area contributed by atoms with E-state index in [-0.39, 0.29) is 0 Å². The van der Waals surface area contributed by atoms with E-state index in [2.05, 4.69) is 10.2 Å². The van der Waals surface area contributed by atoms with Crippen LogP contribution < -0.4 is 11.5 Å². The Balaban J connectivity index is 2.13. The first-order chi connectivity index (χ1) is 8.56. The van der Waals surface area contributed by atoms with Gasteiger partial charge >= 0.3 is 0 Å². The summed E-state index contributed by atoms with van der Waals surface area (Å²) in [5, 5.41) is 7.68. The maximum Gasteiger partial charge on any atom is 0.247 e. The third-order valence-electron chi connectivity index (χ3n) is 2.55. The van der Waals surface area contributed by atoms with Crippen LogP contribution in [0.15, 0.2) is 28.7 Å². The molecule has 6 heteroatoms. The normalized spacial score (nSPS) is 12.3. The van der Waals surface area contributed by atoms with Crippen molar-refractivity contribution < 1.29 is 9.21 Å². The molecule has 0 saturated carbocycles. The third-order valence-corrected chi connectivity index (χ3v) is 2.55. The van der Waals surface area contributed by atoms with E-state index < -0.39 is 11.9 Å². The summed E-state index contributed by atoms with van der Waals surface area (Å²) >= 11 is 0. The summed E-state index contributed by atoms with van der Waals surface area (Å²) in [5.41, 5.74) is 12.5. The fraction of sp³-hybridized carbons (Fsp3) is 0.250. The molecule has 18 heavy (non-hydrogen) atoms. The SMILES string of the molecule is Cc1nnc(-c2ccc(C[C@H](N)C(N)=O)cc2)o1. The van der Waals surface area contributed by atoms with E-state index >= 15 is 0 Å². The highest BCUT2D eigenvalue weighted by molar-refractivity contribution is 5.79. The van der Waals surface area contributed by atoms with Crippen LogP contribution >= 0.6 is 0 Å². The van der Waals surface area contributed by atoms with E-state index in [0.29, 0.717) is 18.2 Å². The van der Waals surface area contributed by atoms with Crippen LogP contribution in [0, 0.1) is 6.92 Å². The first-order valence-corrected chi connectivity index (χ1v) is 5.50. The van der Waals surface area contributed by atoms with E-state index in [0.717, 1.165) is 11.1 Å². The highest BCUT2D eigenvalue weighted by Gasteiger charge is 2.11. The molecule has 4 N–H and O–H groups in total. The zero-order chi connectivity index (χ0) is 13.1. The highest BCUT2D eigenvalue weighted by Crippen LogP contribution is 2.18. The van der Waals surface area contributed by atoms with Crippen LogP contribution in [0.3, 0.4) is 0 Å². The van der Waals surface area contributed by atoms with E-state index in [9.17, 15) is 4.79 Å². The molecule has 1 aromatic heterocycles. The number of amides is 1. The van der Waals surface area contributed by atoms with Crippen molar-refractivity contribution in [3.8, 4) is 11.5 Å². The van der Waals surface area contributed by atoms with Gasteiger partial charge in [0.2, 0.25) is 17.7 Å². The van der Waals surface area contributed by atoms with Crippen LogP contribution in [0.1, 0.15) is 11.5 Å². The predicted molar refractivity (Wildman–Crippen MR) is 65.3 cm³/mol. The Kier molecular flexibility index (Phi) is 3.38. The van der Waals surface area contributed by atoms with Crippen LogP contribution in [0.4, 0.5) is 0 Å². The standard InChI is InChI=1S/C12H14N4O2/c1-7-15-16-12(18-7)9-4-2-8(3-5-9)6-10(13)11(14)17/h2-5,10H,6,13H2,1H3,(H2,14,17)/t10-/m0/s1. The van der Waals surface area contributed by atoms with Gasteiger partial charge in [-0.25, -0.2) is 0 Å². The van der Waals surface area contributed by atoms with Crippen molar-refractivity contribution in [1.29, 1.82) is 0 Å². The van der Waals surface area contributed by atoms with Gasteiger partial charge in [0.05, 0.1) is 6.04 Å². The summed E-state index contributed by atoms with van der Waals surface area (Å²) in [7, 11) is 0.